The van der Waals surface area contributed by atoms with Crippen molar-refractivity contribution in [2.24, 2.45) is 5.41 Å². The van der Waals surface area contributed by atoms with Gasteiger partial charge in [0.2, 0.25) is 0 Å². The van der Waals surface area contributed by atoms with Crippen molar-refractivity contribution < 1.29 is 9.90 Å². The van der Waals surface area contributed by atoms with E-state index in [9.17, 15) is 4.79 Å². The smallest absolute Gasteiger partial charge is 0.310 e. The number of hydrogen-bond acceptors (Lipinski definition) is 2. The summed E-state index contributed by atoms with van der Waals surface area (Å²) in [5.41, 5.74) is 2.02. The summed E-state index contributed by atoms with van der Waals surface area (Å²) in [7, 11) is 0. The summed E-state index contributed by atoms with van der Waals surface area (Å²) in [6.07, 6.45) is 1.62. The monoisotopic (exact) mass is 219 g/mol. The lowest BCUT2D eigenvalue weighted by Crippen LogP contribution is -2.29. The summed E-state index contributed by atoms with van der Waals surface area (Å²) in [5.74, 6) is -0.662. The molecule has 2 N–H and O–H groups in total. The Hall–Kier alpha value is -1.35. The molecule has 0 bridgehead atoms. The van der Waals surface area contributed by atoms with E-state index >= 15 is 0 Å². The van der Waals surface area contributed by atoms with Crippen molar-refractivity contribution in [2.45, 2.75) is 26.3 Å². The van der Waals surface area contributed by atoms with Gasteiger partial charge < -0.3 is 10.4 Å². The third-order valence-electron chi connectivity index (χ3n) is 3.35. The maximum atomic E-state index is 11.0. The van der Waals surface area contributed by atoms with Gasteiger partial charge in [0.25, 0.3) is 0 Å². The van der Waals surface area contributed by atoms with Crippen LogP contribution >= 0.6 is 0 Å². The van der Waals surface area contributed by atoms with Gasteiger partial charge in [-0.1, -0.05) is 24.3 Å². The number of carboxylic acids is 1. The molecule has 1 saturated carbocycles. The van der Waals surface area contributed by atoms with Crippen LogP contribution in [0.2, 0.25) is 0 Å². The van der Waals surface area contributed by atoms with Gasteiger partial charge in [-0.2, -0.15) is 0 Å². The lowest BCUT2D eigenvalue weighted by molar-refractivity contribution is -0.143. The van der Waals surface area contributed by atoms with E-state index in [0.29, 0.717) is 6.54 Å². The molecule has 0 aromatic heterocycles. The SMILES string of the molecule is Cc1ccccc1CNCC1(C(=O)O)CC1. The highest BCUT2D eigenvalue weighted by atomic mass is 16.4. The Balaban J connectivity index is 1.85. The Morgan fingerprint density at radius 3 is 2.69 bits per heavy atom. The van der Waals surface area contributed by atoms with Crippen molar-refractivity contribution in [1.82, 2.24) is 5.32 Å². The highest BCUT2D eigenvalue weighted by molar-refractivity contribution is 5.78. The van der Waals surface area contributed by atoms with Crippen molar-refractivity contribution in [3.63, 3.8) is 0 Å². The van der Waals surface area contributed by atoms with E-state index in [0.717, 1.165) is 19.4 Å². The lowest BCUT2D eigenvalue weighted by Gasteiger charge is -2.12. The molecule has 0 saturated heterocycles. The molecule has 16 heavy (non-hydrogen) atoms. The lowest BCUT2D eigenvalue weighted by atomic mass is 10.1. The molecule has 0 aliphatic heterocycles. The van der Waals surface area contributed by atoms with Gasteiger partial charge >= 0.3 is 5.97 Å². The molecule has 0 heterocycles. The summed E-state index contributed by atoms with van der Waals surface area (Å²) in [5, 5.41) is 12.3. The predicted octanol–water partition coefficient (Wildman–Crippen LogP) is 1.95. The second-order valence-corrected chi connectivity index (χ2v) is 4.62. The first-order valence-corrected chi connectivity index (χ1v) is 5.63. The molecule has 0 spiro atoms. The first-order chi connectivity index (χ1) is 7.64. The first-order valence-electron chi connectivity index (χ1n) is 5.63. The fourth-order valence-electron chi connectivity index (χ4n) is 1.86. The minimum atomic E-state index is -0.662. The average Bonchev–Trinajstić information content (AvgIpc) is 3.02. The zero-order chi connectivity index (χ0) is 11.6. The fraction of sp³-hybridized carbons (Fsp3) is 0.462. The van der Waals surface area contributed by atoms with E-state index in [2.05, 4.69) is 24.4 Å². The Bertz CT molecular complexity index is 397. The van der Waals surface area contributed by atoms with Crippen LogP contribution in [0.15, 0.2) is 24.3 Å². The zero-order valence-electron chi connectivity index (χ0n) is 9.49. The number of nitrogens with one attached hydrogen (secondary N) is 1. The van der Waals surface area contributed by atoms with Gasteiger partial charge in [0, 0.05) is 13.1 Å². The molecule has 0 atom stereocenters. The van der Waals surface area contributed by atoms with E-state index in [1.807, 2.05) is 12.1 Å². The van der Waals surface area contributed by atoms with Crippen LogP contribution in [0.1, 0.15) is 24.0 Å². The molecule has 0 radical (unpaired) electrons. The summed E-state index contributed by atoms with van der Waals surface area (Å²) in [6.45, 7) is 3.40. The standard InChI is InChI=1S/C13H17NO2/c1-10-4-2-3-5-11(10)8-14-9-13(6-7-13)12(15)16/h2-5,14H,6-9H2,1H3,(H,15,16). The predicted molar refractivity (Wildman–Crippen MR) is 62.2 cm³/mol. The van der Waals surface area contributed by atoms with Gasteiger partial charge in [0.05, 0.1) is 5.41 Å². The molecule has 0 unspecified atom stereocenters. The number of aryl methyl sites for hydroxylation is 1. The molecule has 3 nitrogen and oxygen atoms in total. The number of hydrogen-bond donors (Lipinski definition) is 2. The van der Waals surface area contributed by atoms with Gasteiger partial charge in [-0.15, -0.1) is 0 Å². The van der Waals surface area contributed by atoms with Crippen LogP contribution in [0.4, 0.5) is 0 Å². The zero-order valence-corrected chi connectivity index (χ0v) is 9.49. The maximum absolute atomic E-state index is 11.0. The van der Waals surface area contributed by atoms with Crippen molar-refractivity contribution in [3.8, 4) is 0 Å². The minimum absolute atomic E-state index is 0.470. The number of aliphatic carboxylic acids is 1. The van der Waals surface area contributed by atoms with Crippen LogP contribution in [0.5, 0.6) is 0 Å². The van der Waals surface area contributed by atoms with Crippen LogP contribution in [-0.4, -0.2) is 17.6 Å². The molecule has 1 aliphatic rings. The van der Waals surface area contributed by atoms with E-state index in [1.165, 1.54) is 11.1 Å². The molecular weight excluding hydrogens is 202 g/mol. The van der Waals surface area contributed by atoms with Crippen LogP contribution in [0.25, 0.3) is 0 Å². The topological polar surface area (TPSA) is 49.3 Å². The van der Waals surface area contributed by atoms with Crippen molar-refractivity contribution in [1.29, 1.82) is 0 Å². The van der Waals surface area contributed by atoms with Crippen LogP contribution in [0.3, 0.4) is 0 Å². The van der Waals surface area contributed by atoms with E-state index in [-0.39, 0.29) is 0 Å². The van der Waals surface area contributed by atoms with E-state index in [1.54, 1.807) is 0 Å². The van der Waals surface area contributed by atoms with Crippen LogP contribution < -0.4 is 5.32 Å². The Labute approximate surface area is 95.5 Å². The van der Waals surface area contributed by atoms with Gasteiger partial charge in [-0.3, -0.25) is 4.79 Å². The highest BCUT2D eigenvalue weighted by Gasteiger charge is 2.49. The third-order valence-corrected chi connectivity index (χ3v) is 3.35. The van der Waals surface area contributed by atoms with Crippen molar-refractivity contribution in [2.75, 3.05) is 6.54 Å². The molecular formula is C13H17NO2. The molecule has 1 aromatic carbocycles. The van der Waals surface area contributed by atoms with Crippen LogP contribution in [0, 0.1) is 12.3 Å². The minimum Gasteiger partial charge on any atom is -0.481 e. The number of rotatable bonds is 5. The Morgan fingerprint density at radius 2 is 2.12 bits per heavy atom. The number of benzene rings is 1. The number of carbonyl (C=O) groups is 1. The highest BCUT2D eigenvalue weighted by Crippen LogP contribution is 2.45. The van der Waals surface area contributed by atoms with Crippen molar-refractivity contribution >= 4 is 5.97 Å². The maximum Gasteiger partial charge on any atom is 0.310 e. The Kier molecular flexibility index (Phi) is 2.97. The fourth-order valence-corrected chi connectivity index (χ4v) is 1.86. The first kappa shape index (κ1) is 11.1. The molecule has 0 amide bonds. The second-order valence-electron chi connectivity index (χ2n) is 4.62. The average molecular weight is 219 g/mol. The quantitative estimate of drug-likeness (QED) is 0.795. The molecule has 1 fully saturated rings. The molecule has 3 heteroatoms. The van der Waals surface area contributed by atoms with Crippen LogP contribution in [-0.2, 0) is 11.3 Å². The van der Waals surface area contributed by atoms with Gasteiger partial charge in [-0.25, -0.2) is 0 Å². The molecule has 1 aliphatic carbocycles. The second kappa shape index (κ2) is 4.26. The Morgan fingerprint density at radius 1 is 1.44 bits per heavy atom. The largest absolute Gasteiger partial charge is 0.481 e. The van der Waals surface area contributed by atoms with Gasteiger partial charge in [0.15, 0.2) is 0 Å². The summed E-state index contributed by atoms with van der Waals surface area (Å²) in [6, 6.07) is 8.16. The summed E-state index contributed by atoms with van der Waals surface area (Å²) < 4.78 is 0. The third kappa shape index (κ3) is 2.25. The molecule has 1 aromatic rings. The number of carboxylic acid groups (broad SMARTS) is 1. The summed E-state index contributed by atoms with van der Waals surface area (Å²) >= 11 is 0. The van der Waals surface area contributed by atoms with Gasteiger partial charge in [-0.05, 0) is 30.9 Å². The van der Waals surface area contributed by atoms with Crippen molar-refractivity contribution in [3.05, 3.63) is 35.4 Å². The van der Waals surface area contributed by atoms with E-state index < -0.39 is 11.4 Å². The van der Waals surface area contributed by atoms with Gasteiger partial charge in [0.1, 0.15) is 0 Å². The normalized spacial score (nSPS) is 17.1. The summed E-state index contributed by atoms with van der Waals surface area (Å²) in [4.78, 5) is 11.0. The molecule has 86 valence electrons. The van der Waals surface area contributed by atoms with E-state index in [4.69, 9.17) is 5.11 Å². The molecule has 2 rings (SSSR count).